The first-order chi connectivity index (χ1) is 14.1. The van der Waals surface area contributed by atoms with Crippen LogP contribution in [0.2, 0.25) is 0 Å². The minimum atomic E-state index is -0.663. The summed E-state index contributed by atoms with van der Waals surface area (Å²) >= 11 is 0. The number of rotatable bonds is 7. The van der Waals surface area contributed by atoms with E-state index in [0.29, 0.717) is 17.1 Å². The van der Waals surface area contributed by atoms with E-state index in [1.165, 1.54) is 31.6 Å². The Morgan fingerprint density at radius 2 is 1.69 bits per heavy atom. The van der Waals surface area contributed by atoms with E-state index in [2.05, 4.69) is 10.6 Å². The Kier molecular flexibility index (Phi) is 6.26. The second kappa shape index (κ2) is 9.23. The number of para-hydroxylation sites is 2. The van der Waals surface area contributed by atoms with Gasteiger partial charge in [0.2, 0.25) is 0 Å². The average Bonchev–Trinajstić information content (AvgIpc) is 3.28. The molecule has 0 saturated heterocycles. The zero-order valence-corrected chi connectivity index (χ0v) is 15.5. The number of benzene rings is 2. The summed E-state index contributed by atoms with van der Waals surface area (Å²) < 4.78 is 15.2. The number of hydrogen-bond acceptors (Lipinski definition) is 6. The predicted molar refractivity (Wildman–Crippen MR) is 105 cm³/mol. The Balaban J connectivity index is 1.51. The van der Waals surface area contributed by atoms with Crippen LogP contribution in [-0.4, -0.2) is 31.5 Å². The number of esters is 1. The lowest BCUT2D eigenvalue weighted by Gasteiger charge is -2.10. The van der Waals surface area contributed by atoms with E-state index in [0.717, 1.165) is 0 Å². The Labute approximate surface area is 166 Å². The Morgan fingerprint density at radius 1 is 0.931 bits per heavy atom. The van der Waals surface area contributed by atoms with Gasteiger partial charge in [0.05, 0.1) is 24.6 Å². The third kappa shape index (κ3) is 5.23. The summed E-state index contributed by atoms with van der Waals surface area (Å²) in [5.74, 6) is -0.887. The van der Waals surface area contributed by atoms with E-state index in [4.69, 9.17) is 13.9 Å². The van der Waals surface area contributed by atoms with Gasteiger partial charge < -0.3 is 24.5 Å². The van der Waals surface area contributed by atoms with Crippen LogP contribution in [0.1, 0.15) is 20.9 Å². The molecule has 3 rings (SSSR count). The van der Waals surface area contributed by atoms with Crippen LogP contribution in [0, 0.1) is 0 Å². The SMILES string of the molecule is COc1ccccc1NC(=O)COC(=O)c1ccc(NC(=O)c2ccco2)cc1. The Morgan fingerprint density at radius 3 is 2.38 bits per heavy atom. The molecule has 0 unspecified atom stereocenters. The van der Waals surface area contributed by atoms with Crippen molar-refractivity contribution in [2.75, 3.05) is 24.4 Å². The predicted octanol–water partition coefficient (Wildman–Crippen LogP) is 3.34. The molecule has 0 aliphatic heterocycles. The van der Waals surface area contributed by atoms with Crippen molar-refractivity contribution >= 4 is 29.2 Å². The summed E-state index contributed by atoms with van der Waals surface area (Å²) in [6.07, 6.45) is 1.40. The van der Waals surface area contributed by atoms with Crippen molar-refractivity contribution in [3.8, 4) is 5.75 Å². The normalized spacial score (nSPS) is 10.1. The quantitative estimate of drug-likeness (QED) is 0.595. The first-order valence-corrected chi connectivity index (χ1v) is 8.61. The molecule has 0 spiro atoms. The maximum absolute atomic E-state index is 12.1. The summed E-state index contributed by atoms with van der Waals surface area (Å²) in [4.78, 5) is 36.0. The number of hydrogen-bond donors (Lipinski definition) is 2. The minimum absolute atomic E-state index is 0.176. The van der Waals surface area contributed by atoms with Crippen LogP contribution in [0.15, 0.2) is 71.3 Å². The highest BCUT2D eigenvalue weighted by Crippen LogP contribution is 2.22. The standard InChI is InChI=1S/C21H18N2O6/c1-27-17-6-3-2-5-16(17)23-19(24)13-29-21(26)14-8-10-15(11-9-14)22-20(25)18-7-4-12-28-18/h2-12H,13H2,1H3,(H,22,25)(H,23,24). The number of anilines is 2. The molecule has 0 aliphatic carbocycles. The Hall–Kier alpha value is -4.07. The Bertz CT molecular complexity index is 996. The van der Waals surface area contributed by atoms with Crippen molar-refractivity contribution < 1.29 is 28.3 Å². The number of methoxy groups -OCH3 is 1. The highest BCUT2D eigenvalue weighted by atomic mass is 16.5. The summed E-state index contributed by atoms with van der Waals surface area (Å²) in [5.41, 5.74) is 1.20. The molecular weight excluding hydrogens is 376 g/mol. The number of carbonyl (C=O) groups is 3. The molecule has 0 bridgehead atoms. The van der Waals surface area contributed by atoms with E-state index in [-0.39, 0.29) is 11.3 Å². The van der Waals surface area contributed by atoms with Gasteiger partial charge in [0.1, 0.15) is 5.75 Å². The van der Waals surface area contributed by atoms with Crippen LogP contribution in [0.25, 0.3) is 0 Å². The van der Waals surface area contributed by atoms with Crippen LogP contribution in [-0.2, 0) is 9.53 Å². The van der Waals surface area contributed by atoms with E-state index >= 15 is 0 Å². The molecule has 1 heterocycles. The second-order valence-corrected chi connectivity index (χ2v) is 5.83. The lowest BCUT2D eigenvalue weighted by Crippen LogP contribution is -2.21. The van der Waals surface area contributed by atoms with Crippen LogP contribution < -0.4 is 15.4 Å². The molecule has 1 aromatic heterocycles. The van der Waals surface area contributed by atoms with Gasteiger partial charge in [0, 0.05) is 5.69 Å². The van der Waals surface area contributed by atoms with Gasteiger partial charge in [-0.1, -0.05) is 12.1 Å². The lowest BCUT2D eigenvalue weighted by molar-refractivity contribution is -0.119. The molecule has 8 heteroatoms. The largest absolute Gasteiger partial charge is 0.495 e. The monoisotopic (exact) mass is 394 g/mol. The summed E-state index contributed by atoms with van der Waals surface area (Å²) in [5, 5.41) is 5.25. The van der Waals surface area contributed by atoms with Crippen molar-refractivity contribution in [3.63, 3.8) is 0 Å². The van der Waals surface area contributed by atoms with Crippen molar-refractivity contribution in [2.24, 2.45) is 0 Å². The molecule has 2 aromatic carbocycles. The first kappa shape index (κ1) is 19.7. The van der Waals surface area contributed by atoms with Gasteiger partial charge in [-0.3, -0.25) is 9.59 Å². The van der Waals surface area contributed by atoms with Gasteiger partial charge in [0.25, 0.3) is 11.8 Å². The van der Waals surface area contributed by atoms with Gasteiger partial charge in [-0.15, -0.1) is 0 Å². The molecule has 2 N–H and O–H groups in total. The van der Waals surface area contributed by atoms with Gasteiger partial charge in [-0.2, -0.15) is 0 Å². The summed E-state index contributed by atoms with van der Waals surface area (Å²) in [6.45, 7) is -0.451. The maximum Gasteiger partial charge on any atom is 0.338 e. The van der Waals surface area contributed by atoms with Gasteiger partial charge in [-0.25, -0.2) is 4.79 Å². The van der Waals surface area contributed by atoms with Crippen molar-refractivity contribution in [3.05, 3.63) is 78.3 Å². The van der Waals surface area contributed by atoms with Crippen LogP contribution >= 0.6 is 0 Å². The fourth-order valence-corrected chi connectivity index (χ4v) is 2.44. The van der Waals surface area contributed by atoms with Gasteiger partial charge in [-0.05, 0) is 48.5 Å². The molecule has 3 aromatic rings. The first-order valence-electron chi connectivity index (χ1n) is 8.61. The molecule has 0 fully saturated rings. The number of carbonyl (C=O) groups excluding carboxylic acids is 3. The number of furan rings is 1. The van der Waals surface area contributed by atoms with Crippen molar-refractivity contribution in [1.82, 2.24) is 0 Å². The third-order valence-corrected chi connectivity index (χ3v) is 3.84. The zero-order chi connectivity index (χ0) is 20.6. The second-order valence-electron chi connectivity index (χ2n) is 5.83. The van der Waals surface area contributed by atoms with E-state index in [1.807, 2.05) is 0 Å². The molecule has 0 aliphatic rings. The molecule has 29 heavy (non-hydrogen) atoms. The van der Waals surface area contributed by atoms with E-state index < -0.39 is 24.4 Å². The zero-order valence-electron chi connectivity index (χ0n) is 15.5. The van der Waals surface area contributed by atoms with Crippen molar-refractivity contribution in [1.29, 1.82) is 0 Å². The fourth-order valence-electron chi connectivity index (χ4n) is 2.44. The molecule has 0 saturated carbocycles. The highest BCUT2D eigenvalue weighted by Gasteiger charge is 2.13. The highest BCUT2D eigenvalue weighted by molar-refractivity contribution is 6.02. The van der Waals surface area contributed by atoms with Crippen LogP contribution in [0.5, 0.6) is 5.75 Å². The molecular formula is C21H18N2O6. The van der Waals surface area contributed by atoms with Gasteiger partial charge in [0.15, 0.2) is 12.4 Å². The topological polar surface area (TPSA) is 107 Å². The lowest BCUT2D eigenvalue weighted by atomic mass is 10.2. The molecule has 2 amide bonds. The van der Waals surface area contributed by atoms with Crippen molar-refractivity contribution in [2.45, 2.75) is 0 Å². The third-order valence-electron chi connectivity index (χ3n) is 3.84. The average molecular weight is 394 g/mol. The molecule has 8 nitrogen and oxygen atoms in total. The number of ether oxygens (including phenoxy) is 2. The van der Waals surface area contributed by atoms with Gasteiger partial charge >= 0.3 is 5.97 Å². The fraction of sp³-hybridized carbons (Fsp3) is 0.0952. The molecule has 148 valence electrons. The molecule has 0 radical (unpaired) electrons. The number of nitrogens with one attached hydrogen (secondary N) is 2. The van der Waals surface area contributed by atoms with Crippen LogP contribution in [0.4, 0.5) is 11.4 Å². The minimum Gasteiger partial charge on any atom is -0.495 e. The van der Waals surface area contributed by atoms with E-state index in [9.17, 15) is 14.4 Å². The summed E-state index contributed by atoms with van der Waals surface area (Å²) in [7, 11) is 1.49. The van der Waals surface area contributed by atoms with Crippen LogP contribution in [0.3, 0.4) is 0 Å². The summed E-state index contributed by atoms with van der Waals surface area (Å²) in [6, 6.07) is 16.1. The van der Waals surface area contributed by atoms with E-state index in [1.54, 1.807) is 42.5 Å². The smallest absolute Gasteiger partial charge is 0.338 e. The maximum atomic E-state index is 12.1. The number of amides is 2. The molecule has 0 atom stereocenters.